The Morgan fingerprint density at radius 1 is 0.727 bits per heavy atom. The molecule has 0 radical (unpaired) electrons. The molecule has 0 heterocycles. The summed E-state index contributed by atoms with van der Waals surface area (Å²) in [4.78, 5) is 0. The predicted octanol–water partition coefficient (Wildman–Crippen LogP) is 5.36. The van der Waals surface area contributed by atoms with Crippen molar-refractivity contribution in [2.24, 2.45) is 0 Å². The Morgan fingerprint density at radius 2 is 1.06 bits per heavy atom. The van der Waals surface area contributed by atoms with Gasteiger partial charge < -0.3 is 10.2 Å². The topological polar surface area (TPSA) is 77.8 Å². The minimum absolute atomic E-state index is 0.205. The van der Waals surface area contributed by atoms with Crippen LogP contribution in [0.25, 0.3) is 0 Å². The molecule has 2 N–H and O–H groups in total. The molecule has 0 saturated heterocycles. The van der Waals surface area contributed by atoms with Crippen molar-refractivity contribution >= 4 is 10.0 Å². The Morgan fingerprint density at radius 3 is 1.33 bits per heavy atom. The van der Waals surface area contributed by atoms with Gasteiger partial charge in [0.25, 0.3) is 0 Å². The zero-order valence-corrected chi connectivity index (χ0v) is 22.5. The number of phenols is 2. The maximum atomic E-state index is 12.5. The van der Waals surface area contributed by atoms with Crippen LogP contribution in [-0.2, 0) is 33.7 Å². The van der Waals surface area contributed by atoms with Gasteiger partial charge in [0.05, 0.1) is 6.26 Å². The van der Waals surface area contributed by atoms with E-state index in [-0.39, 0.29) is 10.8 Å². The SMILES string of the molecule is Cc1cc(CCN(CCc2cc(C)c(O)c(C(C)(C)C)c2)S(C)(=O)=O)cc(C(C)(C)C)c1O. The molecular weight excluding hydrogens is 434 g/mol. The lowest BCUT2D eigenvalue weighted by Gasteiger charge is -2.25. The fourth-order valence-corrected chi connectivity index (χ4v) is 4.94. The number of hydrogen-bond donors (Lipinski definition) is 2. The normalized spacial score (nSPS) is 13.0. The maximum Gasteiger partial charge on any atom is 0.211 e. The van der Waals surface area contributed by atoms with E-state index >= 15 is 0 Å². The van der Waals surface area contributed by atoms with E-state index in [2.05, 4.69) is 41.5 Å². The van der Waals surface area contributed by atoms with Crippen LogP contribution in [0.15, 0.2) is 24.3 Å². The molecular formula is C27H41NO4S. The molecule has 0 aliphatic rings. The van der Waals surface area contributed by atoms with Gasteiger partial charge in [0.2, 0.25) is 10.0 Å². The standard InChI is InChI=1S/C27H41NO4S/c1-18-14-20(16-22(24(18)29)26(3,4)5)10-12-28(33(9,31)32)13-11-21-15-19(2)25(30)23(17-21)27(6,7)8/h14-17,29-30H,10-13H2,1-9H3. The average Bonchev–Trinajstić information content (AvgIpc) is 2.63. The summed E-state index contributed by atoms with van der Waals surface area (Å²) in [6.45, 7) is 16.8. The predicted molar refractivity (Wildman–Crippen MR) is 137 cm³/mol. The fraction of sp³-hybridized carbons (Fsp3) is 0.556. The lowest BCUT2D eigenvalue weighted by Crippen LogP contribution is -2.34. The number of aryl methyl sites for hydroxylation is 2. The summed E-state index contributed by atoms with van der Waals surface area (Å²) in [6, 6.07) is 7.84. The van der Waals surface area contributed by atoms with Gasteiger partial charge >= 0.3 is 0 Å². The van der Waals surface area contributed by atoms with Crippen molar-refractivity contribution in [2.75, 3.05) is 19.3 Å². The molecule has 0 spiro atoms. The maximum absolute atomic E-state index is 12.5. The van der Waals surface area contributed by atoms with Crippen LogP contribution in [0.4, 0.5) is 0 Å². The highest BCUT2D eigenvalue weighted by Crippen LogP contribution is 2.35. The molecule has 2 aromatic carbocycles. The Kier molecular flexibility index (Phi) is 7.97. The van der Waals surface area contributed by atoms with Crippen molar-refractivity contribution in [3.8, 4) is 11.5 Å². The highest BCUT2D eigenvalue weighted by atomic mass is 32.2. The van der Waals surface area contributed by atoms with Gasteiger partial charge in [0.15, 0.2) is 0 Å². The van der Waals surface area contributed by atoms with Gasteiger partial charge in [-0.05, 0) is 70.9 Å². The zero-order valence-electron chi connectivity index (χ0n) is 21.7. The summed E-state index contributed by atoms with van der Waals surface area (Å²) >= 11 is 0. The second kappa shape index (κ2) is 9.67. The molecule has 2 aromatic rings. The molecule has 6 heteroatoms. The highest BCUT2D eigenvalue weighted by molar-refractivity contribution is 7.88. The van der Waals surface area contributed by atoms with Crippen molar-refractivity contribution in [2.45, 2.75) is 79.1 Å². The van der Waals surface area contributed by atoms with Gasteiger partial charge in [-0.1, -0.05) is 65.8 Å². The smallest absolute Gasteiger partial charge is 0.211 e. The monoisotopic (exact) mass is 475 g/mol. The van der Waals surface area contributed by atoms with Crippen molar-refractivity contribution in [1.82, 2.24) is 4.31 Å². The Hall–Kier alpha value is -2.05. The summed E-state index contributed by atoms with van der Waals surface area (Å²) in [5, 5.41) is 20.9. The number of aromatic hydroxyl groups is 2. The molecule has 0 fully saturated rings. The molecule has 184 valence electrons. The van der Waals surface area contributed by atoms with Crippen molar-refractivity contribution in [3.63, 3.8) is 0 Å². The summed E-state index contributed by atoms with van der Waals surface area (Å²) < 4.78 is 26.5. The lowest BCUT2D eigenvalue weighted by atomic mass is 9.84. The largest absolute Gasteiger partial charge is 0.507 e. The number of benzene rings is 2. The second-order valence-electron chi connectivity index (χ2n) is 11.3. The van der Waals surface area contributed by atoms with Crippen LogP contribution in [0.1, 0.15) is 74.9 Å². The molecule has 0 aromatic heterocycles. The molecule has 33 heavy (non-hydrogen) atoms. The first kappa shape index (κ1) is 27.2. The third-order valence-corrected chi connectivity index (χ3v) is 7.41. The number of phenolic OH excluding ortho intramolecular Hbond substituents is 2. The summed E-state index contributed by atoms with van der Waals surface area (Å²) in [5.41, 5.74) is 4.97. The zero-order chi connectivity index (χ0) is 25.4. The number of nitrogens with zero attached hydrogens (tertiary/aromatic N) is 1. The van der Waals surface area contributed by atoms with E-state index in [1.165, 1.54) is 10.6 Å². The quantitative estimate of drug-likeness (QED) is 0.565. The summed E-state index contributed by atoms with van der Waals surface area (Å²) in [6.07, 6.45) is 2.39. The van der Waals surface area contributed by atoms with E-state index in [9.17, 15) is 18.6 Å². The Bertz CT molecular complexity index is 1030. The van der Waals surface area contributed by atoms with Crippen molar-refractivity contribution in [3.05, 3.63) is 57.6 Å². The molecule has 5 nitrogen and oxygen atoms in total. The van der Waals surface area contributed by atoms with E-state index in [1.807, 2.05) is 38.1 Å². The van der Waals surface area contributed by atoms with Crippen molar-refractivity contribution in [1.29, 1.82) is 0 Å². The number of rotatable bonds is 7. The molecule has 0 aliphatic carbocycles. The third-order valence-electron chi connectivity index (χ3n) is 6.11. The van der Waals surface area contributed by atoms with Crippen LogP contribution in [-0.4, -0.2) is 42.3 Å². The Labute approximate surface area is 200 Å². The first-order valence-electron chi connectivity index (χ1n) is 11.5. The number of hydrogen-bond acceptors (Lipinski definition) is 4. The molecule has 2 rings (SSSR count). The van der Waals surface area contributed by atoms with Crippen LogP contribution in [0, 0.1) is 13.8 Å². The third kappa shape index (κ3) is 6.97. The molecule has 0 amide bonds. The van der Waals surface area contributed by atoms with Crippen LogP contribution in [0.3, 0.4) is 0 Å². The van der Waals surface area contributed by atoms with Gasteiger partial charge in [-0.25, -0.2) is 12.7 Å². The van der Waals surface area contributed by atoms with Crippen molar-refractivity contribution < 1.29 is 18.6 Å². The second-order valence-corrected chi connectivity index (χ2v) is 13.3. The number of sulfonamides is 1. The molecule has 0 aliphatic heterocycles. The molecule has 0 saturated carbocycles. The first-order valence-corrected chi connectivity index (χ1v) is 13.4. The highest BCUT2D eigenvalue weighted by Gasteiger charge is 2.23. The fourth-order valence-electron chi connectivity index (χ4n) is 4.09. The van der Waals surface area contributed by atoms with E-state index < -0.39 is 10.0 Å². The average molecular weight is 476 g/mol. The van der Waals surface area contributed by atoms with Gasteiger partial charge in [-0.2, -0.15) is 0 Å². The van der Waals surface area contributed by atoms with Gasteiger partial charge in [-0.3, -0.25) is 0 Å². The summed E-state index contributed by atoms with van der Waals surface area (Å²) in [5.74, 6) is 0.618. The van der Waals surface area contributed by atoms with E-state index in [4.69, 9.17) is 0 Å². The lowest BCUT2D eigenvalue weighted by molar-refractivity contribution is 0.418. The Balaban J connectivity index is 2.24. The first-order chi connectivity index (χ1) is 14.9. The van der Waals surface area contributed by atoms with Gasteiger partial charge in [0, 0.05) is 13.1 Å². The summed E-state index contributed by atoms with van der Waals surface area (Å²) in [7, 11) is -3.38. The minimum Gasteiger partial charge on any atom is -0.507 e. The molecule has 0 unspecified atom stereocenters. The van der Waals surface area contributed by atoms with Crippen LogP contribution in [0.5, 0.6) is 11.5 Å². The van der Waals surface area contributed by atoms with Gasteiger partial charge in [-0.15, -0.1) is 0 Å². The minimum atomic E-state index is -3.38. The van der Waals surface area contributed by atoms with Crippen LogP contribution in [0.2, 0.25) is 0 Å². The van der Waals surface area contributed by atoms with Gasteiger partial charge in [0.1, 0.15) is 11.5 Å². The van der Waals surface area contributed by atoms with Crippen LogP contribution < -0.4 is 0 Å². The molecule has 0 atom stereocenters. The van der Waals surface area contributed by atoms with E-state index in [0.717, 1.165) is 33.4 Å². The van der Waals surface area contributed by atoms with E-state index in [1.54, 1.807) is 0 Å². The molecule has 0 bridgehead atoms. The van der Waals surface area contributed by atoms with E-state index in [0.29, 0.717) is 37.4 Å². The van der Waals surface area contributed by atoms with Crippen LogP contribution >= 0.6 is 0 Å².